The van der Waals surface area contributed by atoms with E-state index >= 15 is 0 Å². The zero-order chi connectivity index (χ0) is 37.7. The molecule has 266 valence electrons. The van der Waals surface area contributed by atoms with Crippen molar-refractivity contribution in [2.24, 2.45) is 0 Å². The van der Waals surface area contributed by atoms with Crippen molar-refractivity contribution in [2.45, 2.75) is 0 Å². The van der Waals surface area contributed by atoms with Gasteiger partial charge in [0.2, 0.25) is 0 Å². The van der Waals surface area contributed by atoms with Gasteiger partial charge in [0.25, 0.3) is 0 Å². The highest BCUT2D eigenvalue weighted by Crippen LogP contribution is 2.40. The summed E-state index contributed by atoms with van der Waals surface area (Å²) in [5.74, 6) is 1.87. The third-order valence-electron chi connectivity index (χ3n) is 11.1. The fraction of sp³-hybridized carbons (Fsp3) is 0. The highest BCUT2D eigenvalue weighted by Gasteiger charge is 2.20. The maximum absolute atomic E-state index is 5.35. The Morgan fingerprint density at radius 1 is 0.281 bits per heavy atom. The molecule has 0 aliphatic heterocycles. The maximum atomic E-state index is 5.35. The van der Waals surface area contributed by atoms with Gasteiger partial charge in [0.05, 0.1) is 16.7 Å². The zero-order valence-corrected chi connectivity index (χ0v) is 30.9. The number of aromatic nitrogens is 4. The lowest BCUT2D eigenvalue weighted by Crippen LogP contribution is -2.03. The molecule has 0 N–H and O–H groups in total. The predicted molar refractivity (Wildman–Crippen MR) is 236 cm³/mol. The van der Waals surface area contributed by atoms with Crippen LogP contribution >= 0.6 is 0 Å². The average Bonchev–Trinajstić information content (AvgIpc) is 3.62. The fourth-order valence-corrected chi connectivity index (χ4v) is 8.43. The Morgan fingerprint density at radius 3 is 1.60 bits per heavy atom. The van der Waals surface area contributed by atoms with E-state index in [0.29, 0.717) is 17.5 Å². The second-order valence-corrected chi connectivity index (χ2v) is 14.4. The molecule has 0 amide bonds. The van der Waals surface area contributed by atoms with Crippen molar-refractivity contribution < 1.29 is 0 Å². The van der Waals surface area contributed by atoms with Crippen LogP contribution < -0.4 is 0 Å². The molecule has 0 atom stereocenters. The van der Waals surface area contributed by atoms with E-state index in [1.54, 1.807) is 0 Å². The van der Waals surface area contributed by atoms with Gasteiger partial charge in [-0.05, 0) is 74.1 Å². The Bertz CT molecular complexity index is 3290. The molecule has 57 heavy (non-hydrogen) atoms. The Labute approximate surface area is 330 Å². The largest absolute Gasteiger partial charge is 0.309 e. The quantitative estimate of drug-likeness (QED) is 0.171. The van der Waals surface area contributed by atoms with E-state index in [4.69, 9.17) is 15.0 Å². The number of rotatable bonds is 6. The number of nitrogens with zero attached hydrogens (tertiary/aromatic N) is 4. The van der Waals surface area contributed by atoms with Crippen molar-refractivity contribution >= 4 is 43.4 Å². The third-order valence-corrected chi connectivity index (χ3v) is 11.1. The molecule has 0 saturated heterocycles. The van der Waals surface area contributed by atoms with E-state index in [9.17, 15) is 0 Å². The smallest absolute Gasteiger partial charge is 0.166 e. The summed E-state index contributed by atoms with van der Waals surface area (Å²) in [5, 5.41) is 7.07. The lowest BCUT2D eigenvalue weighted by atomic mass is 9.92. The Hall–Kier alpha value is -7.69. The van der Waals surface area contributed by atoms with Crippen LogP contribution in [0.5, 0.6) is 0 Å². The van der Waals surface area contributed by atoms with Gasteiger partial charge in [-0.25, -0.2) is 15.0 Å². The van der Waals surface area contributed by atoms with Crippen LogP contribution in [0.2, 0.25) is 0 Å². The second kappa shape index (κ2) is 13.6. The monoisotopic (exact) mass is 726 g/mol. The molecule has 0 aliphatic carbocycles. The van der Waals surface area contributed by atoms with Gasteiger partial charge in [-0.3, -0.25) is 0 Å². The minimum atomic E-state index is 0.614. The molecule has 4 heteroatoms. The van der Waals surface area contributed by atoms with Gasteiger partial charge in [-0.2, -0.15) is 0 Å². The van der Waals surface area contributed by atoms with E-state index in [1.165, 1.54) is 43.8 Å². The maximum Gasteiger partial charge on any atom is 0.166 e. The topological polar surface area (TPSA) is 43.6 Å². The summed E-state index contributed by atoms with van der Waals surface area (Å²) in [5.41, 5.74) is 10.8. The van der Waals surface area contributed by atoms with Gasteiger partial charge in [-0.1, -0.05) is 176 Å². The van der Waals surface area contributed by atoms with Gasteiger partial charge < -0.3 is 4.57 Å². The van der Waals surface area contributed by atoms with E-state index in [1.807, 2.05) is 18.2 Å². The lowest BCUT2D eigenvalue weighted by molar-refractivity contribution is 1.07. The van der Waals surface area contributed by atoms with Gasteiger partial charge in [-0.15, -0.1) is 0 Å². The molecule has 0 unspecified atom stereocenters. The summed E-state index contributed by atoms with van der Waals surface area (Å²) in [6, 6.07) is 72.8. The molecular weight excluding hydrogens is 693 g/mol. The SMILES string of the molecule is c1ccc(-c2ccc3c(c2)c2ccccc2n3-c2ccccc2-c2nc(-c3ccccc3)nc(-c3cccc4c(-c5cccc6ccccc56)cccc34)n2)cc1. The van der Waals surface area contributed by atoms with Crippen LogP contribution in [-0.2, 0) is 0 Å². The van der Waals surface area contributed by atoms with Crippen LogP contribution in [-0.4, -0.2) is 19.5 Å². The van der Waals surface area contributed by atoms with Crippen LogP contribution in [0, 0.1) is 0 Å². The Balaban J connectivity index is 1.13. The molecule has 0 aliphatic rings. The molecule has 2 aromatic heterocycles. The molecule has 0 radical (unpaired) electrons. The highest BCUT2D eigenvalue weighted by atomic mass is 15.1. The van der Waals surface area contributed by atoms with Gasteiger partial charge in [0.15, 0.2) is 17.5 Å². The normalized spacial score (nSPS) is 11.5. The molecule has 0 saturated carbocycles. The number of benzene rings is 9. The van der Waals surface area contributed by atoms with Crippen LogP contribution in [0.4, 0.5) is 0 Å². The zero-order valence-electron chi connectivity index (χ0n) is 30.9. The second-order valence-electron chi connectivity index (χ2n) is 14.4. The van der Waals surface area contributed by atoms with Gasteiger partial charge in [0.1, 0.15) is 0 Å². The number of hydrogen-bond acceptors (Lipinski definition) is 3. The first kappa shape index (κ1) is 32.7. The minimum Gasteiger partial charge on any atom is -0.309 e. The van der Waals surface area contributed by atoms with Crippen LogP contribution in [0.1, 0.15) is 0 Å². The summed E-state index contributed by atoms with van der Waals surface area (Å²) in [4.78, 5) is 15.8. The summed E-state index contributed by atoms with van der Waals surface area (Å²) in [6.45, 7) is 0. The fourth-order valence-electron chi connectivity index (χ4n) is 8.43. The number of para-hydroxylation sites is 2. The number of fused-ring (bicyclic) bond motifs is 5. The number of hydrogen-bond donors (Lipinski definition) is 0. The molecule has 2 heterocycles. The van der Waals surface area contributed by atoms with Crippen molar-refractivity contribution in [1.82, 2.24) is 19.5 Å². The predicted octanol–water partition coefficient (Wildman–Crippen LogP) is 13.6. The first-order valence-electron chi connectivity index (χ1n) is 19.3. The average molecular weight is 727 g/mol. The molecule has 0 spiro atoms. The Morgan fingerprint density at radius 2 is 0.789 bits per heavy atom. The van der Waals surface area contributed by atoms with Crippen molar-refractivity contribution in [2.75, 3.05) is 0 Å². The van der Waals surface area contributed by atoms with Crippen molar-refractivity contribution in [1.29, 1.82) is 0 Å². The van der Waals surface area contributed by atoms with E-state index in [0.717, 1.165) is 44.2 Å². The van der Waals surface area contributed by atoms with Crippen molar-refractivity contribution in [3.05, 3.63) is 206 Å². The first-order valence-corrected chi connectivity index (χ1v) is 19.3. The standard InChI is InChI=1S/C53H34N4/c1-3-16-35(17-4-1)38-32-33-50-47(34-38)44-23-9-11-30-48(44)57(50)49-31-12-10-24-46(49)53-55-51(37-19-5-2-6-20-37)54-52(56-53)45-29-15-27-42-41(26-14-28-43(42)45)40-25-13-21-36-18-7-8-22-39(36)40/h1-34H. The van der Waals surface area contributed by atoms with E-state index < -0.39 is 0 Å². The first-order chi connectivity index (χ1) is 28.3. The summed E-state index contributed by atoms with van der Waals surface area (Å²) >= 11 is 0. The Kier molecular flexibility index (Phi) is 7.78. The van der Waals surface area contributed by atoms with Crippen LogP contribution in [0.3, 0.4) is 0 Å². The van der Waals surface area contributed by atoms with Gasteiger partial charge >= 0.3 is 0 Å². The van der Waals surface area contributed by atoms with Crippen molar-refractivity contribution in [3.8, 4) is 62.1 Å². The summed E-state index contributed by atoms with van der Waals surface area (Å²) in [7, 11) is 0. The molecule has 11 aromatic rings. The van der Waals surface area contributed by atoms with Gasteiger partial charge in [0, 0.05) is 27.5 Å². The summed E-state index contributed by atoms with van der Waals surface area (Å²) in [6.07, 6.45) is 0. The molecule has 0 bridgehead atoms. The highest BCUT2D eigenvalue weighted by molar-refractivity contribution is 6.11. The third kappa shape index (κ3) is 5.58. The molecule has 4 nitrogen and oxygen atoms in total. The van der Waals surface area contributed by atoms with Crippen LogP contribution in [0.25, 0.3) is 105 Å². The molecule has 11 rings (SSSR count). The van der Waals surface area contributed by atoms with Crippen LogP contribution in [0.15, 0.2) is 206 Å². The van der Waals surface area contributed by atoms with E-state index in [-0.39, 0.29) is 0 Å². The van der Waals surface area contributed by atoms with Crippen molar-refractivity contribution in [3.63, 3.8) is 0 Å². The molecular formula is C53H34N4. The molecule has 9 aromatic carbocycles. The summed E-state index contributed by atoms with van der Waals surface area (Å²) < 4.78 is 2.36. The molecule has 0 fully saturated rings. The minimum absolute atomic E-state index is 0.614. The lowest BCUT2D eigenvalue weighted by Gasteiger charge is -2.16. The van der Waals surface area contributed by atoms with E-state index in [2.05, 4.69) is 193 Å².